The van der Waals surface area contributed by atoms with Crippen LogP contribution in [0.1, 0.15) is 113 Å². The van der Waals surface area contributed by atoms with Crippen LogP contribution in [-0.4, -0.2) is 210 Å². The van der Waals surface area contributed by atoms with Gasteiger partial charge in [-0.3, -0.25) is 4.79 Å². The van der Waals surface area contributed by atoms with E-state index in [4.69, 9.17) is 37.9 Å². The fourth-order valence-electron chi connectivity index (χ4n) is 15.8. The summed E-state index contributed by atoms with van der Waals surface area (Å²) in [5.41, 5.74) is -1.62. The van der Waals surface area contributed by atoms with E-state index in [2.05, 4.69) is 40.7 Å². The van der Waals surface area contributed by atoms with Gasteiger partial charge in [0.15, 0.2) is 25.0 Å². The molecule has 12 N–H and O–H groups in total. The van der Waals surface area contributed by atoms with Gasteiger partial charge in [-0.05, 0) is 111 Å². The Morgan fingerprint density at radius 1 is 0.644 bits per heavy atom. The van der Waals surface area contributed by atoms with Gasteiger partial charge < -0.3 is 99.2 Å². The topological polar surface area (TPSA) is 334 Å². The van der Waals surface area contributed by atoms with Crippen molar-refractivity contribution in [1.29, 1.82) is 0 Å². The maximum atomic E-state index is 15.5. The van der Waals surface area contributed by atoms with Crippen LogP contribution < -0.4 is 0 Å². The Balaban J connectivity index is 0.993. The third-order valence-corrected chi connectivity index (χ3v) is 20.7. The summed E-state index contributed by atoms with van der Waals surface area (Å²) >= 11 is 0. The summed E-state index contributed by atoms with van der Waals surface area (Å²) in [6.07, 6.45) is -19.2. The van der Waals surface area contributed by atoms with Gasteiger partial charge in [0.1, 0.15) is 73.2 Å². The molecule has 8 fully saturated rings. The van der Waals surface area contributed by atoms with Crippen molar-refractivity contribution >= 4 is 5.97 Å². The molecule has 4 heterocycles. The second kappa shape index (κ2) is 20.3. The summed E-state index contributed by atoms with van der Waals surface area (Å²) in [4.78, 5) is 15.5. The van der Waals surface area contributed by atoms with Crippen LogP contribution in [0.15, 0.2) is 11.6 Å². The molecule has 9 rings (SSSR count). The molecular formula is C52H84O21. The molecule has 0 amide bonds. The van der Waals surface area contributed by atoms with Crippen molar-refractivity contribution in [2.24, 2.45) is 50.2 Å². The van der Waals surface area contributed by atoms with Gasteiger partial charge in [-0.2, -0.15) is 0 Å². The number of hydrogen-bond acceptors (Lipinski definition) is 21. The molecule has 0 unspecified atom stereocenters. The van der Waals surface area contributed by atoms with E-state index in [1.165, 1.54) is 12.5 Å². The van der Waals surface area contributed by atoms with E-state index in [-0.39, 0.29) is 59.2 Å². The number of fused-ring (bicyclic) bond motifs is 7. The molecule has 21 heteroatoms. The SMILES string of the molecule is C[C@@H]1O[C@@H](O[C@H]2[C@H](OC(=O)[C@]34CCC(C)(C)C[C@@H]3C3=CC[C@@H]5[C@@]6(C)CC[C@H](O[C@@H]7OC[C@H](O)[C@H](O)[C@H]7O)[C@@](C)(CO)[C@@H]6CC[C@@]5(C)[C@]3(C)CC4)O[C@H](CO[C@@H]3OC[C@@H](O)[C@H](O)[C@H]3O)[C@@H](O)[C@@H]2O)[C@H](O)[C@H](O)[C@H]1O. The zero-order valence-corrected chi connectivity index (χ0v) is 43.2. The minimum absolute atomic E-state index is 0.0214. The highest BCUT2D eigenvalue weighted by atomic mass is 16.8. The second-order valence-electron chi connectivity index (χ2n) is 25.2. The zero-order chi connectivity index (χ0) is 53.1. The molecule has 0 bridgehead atoms. The first-order valence-electron chi connectivity index (χ1n) is 26.7. The average molecular weight is 1050 g/mol. The van der Waals surface area contributed by atoms with Crippen LogP contribution in [0.4, 0.5) is 0 Å². The van der Waals surface area contributed by atoms with Crippen molar-refractivity contribution < 1.29 is 104 Å². The molecule has 0 radical (unpaired) electrons. The lowest BCUT2D eigenvalue weighted by Crippen LogP contribution is -2.67. The molecule has 0 aromatic rings. The minimum Gasteiger partial charge on any atom is -0.432 e. The van der Waals surface area contributed by atoms with Gasteiger partial charge in [-0.1, -0.05) is 53.2 Å². The van der Waals surface area contributed by atoms with Crippen molar-refractivity contribution in [3.05, 3.63) is 11.6 Å². The lowest BCUT2D eigenvalue weighted by Gasteiger charge is -2.71. The highest BCUT2D eigenvalue weighted by Gasteiger charge is 2.71. The fraction of sp³-hybridized carbons (Fsp3) is 0.942. The van der Waals surface area contributed by atoms with Gasteiger partial charge in [0.25, 0.3) is 0 Å². The third kappa shape index (κ3) is 9.20. The zero-order valence-electron chi connectivity index (χ0n) is 43.2. The third-order valence-electron chi connectivity index (χ3n) is 20.7. The summed E-state index contributed by atoms with van der Waals surface area (Å²) in [7, 11) is 0. The molecule has 0 aromatic heterocycles. The lowest BCUT2D eigenvalue weighted by molar-refractivity contribution is -0.365. The van der Waals surface area contributed by atoms with Crippen molar-refractivity contribution in [2.45, 2.75) is 229 Å². The number of ether oxygens (including phenoxy) is 8. The van der Waals surface area contributed by atoms with Gasteiger partial charge in [0.2, 0.25) is 6.29 Å². The molecule has 21 nitrogen and oxygen atoms in total. The molecule has 0 aromatic carbocycles. The van der Waals surface area contributed by atoms with Crippen molar-refractivity contribution in [3.63, 3.8) is 0 Å². The Bertz CT molecular complexity index is 2010. The standard InChI is InChI=1S/C52H84O21/c1-23-32(56)36(60)40(64)44(69-23)72-41-37(61)35(59)28(21-68-42-38(62)33(57)26(54)19-66-42)70-45(41)73-46(65)52-16-14-47(2,3)18-25(52)24-8-9-30-48(4)12-11-31(71-43-39(63)34(58)27(55)20-67-43)49(5,22-53)29(48)10-13-51(30,7)50(24,6)15-17-52/h8,23,25-45,53-64H,9-22H2,1-7H3/t23-,25+,26+,27-,28+,29+,30+,31-,32-,33-,34-,35+,36+,37-,38+,39+,40+,41+,42-,43-,44-,45-,48-,49-,50+,51+,52-/m0/s1. The van der Waals surface area contributed by atoms with Gasteiger partial charge >= 0.3 is 5.97 Å². The number of allylic oxidation sites excluding steroid dienone is 2. The van der Waals surface area contributed by atoms with Crippen LogP contribution in [0.25, 0.3) is 0 Å². The van der Waals surface area contributed by atoms with E-state index in [0.29, 0.717) is 38.5 Å². The Morgan fingerprint density at radius 3 is 1.95 bits per heavy atom. The van der Waals surface area contributed by atoms with E-state index in [1.54, 1.807) is 0 Å². The van der Waals surface area contributed by atoms with Crippen LogP contribution in [0, 0.1) is 50.2 Å². The predicted molar refractivity (Wildman–Crippen MR) is 251 cm³/mol. The number of carbonyl (C=O) groups is 1. The highest BCUT2D eigenvalue weighted by Crippen LogP contribution is 2.76. The molecule has 4 saturated carbocycles. The Kier molecular flexibility index (Phi) is 15.6. The Labute approximate surface area is 426 Å². The summed E-state index contributed by atoms with van der Waals surface area (Å²) in [5, 5.41) is 129. The largest absolute Gasteiger partial charge is 0.432 e. The van der Waals surface area contributed by atoms with E-state index in [0.717, 1.165) is 25.7 Å². The van der Waals surface area contributed by atoms with E-state index < -0.39 is 140 Å². The van der Waals surface area contributed by atoms with Crippen LogP contribution >= 0.6 is 0 Å². The first-order chi connectivity index (χ1) is 34.2. The first-order valence-corrected chi connectivity index (χ1v) is 26.7. The van der Waals surface area contributed by atoms with E-state index >= 15 is 4.79 Å². The van der Waals surface area contributed by atoms with E-state index in [9.17, 15) is 61.3 Å². The van der Waals surface area contributed by atoms with Crippen molar-refractivity contribution in [3.8, 4) is 0 Å². The van der Waals surface area contributed by atoms with Crippen LogP contribution in [-0.2, 0) is 42.7 Å². The number of carbonyl (C=O) groups excluding carboxylic acids is 1. The number of aliphatic hydroxyl groups is 12. The van der Waals surface area contributed by atoms with Crippen molar-refractivity contribution in [1.82, 2.24) is 0 Å². The van der Waals surface area contributed by atoms with Crippen molar-refractivity contribution in [2.75, 3.05) is 26.4 Å². The van der Waals surface area contributed by atoms with Crippen LogP contribution in [0.3, 0.4) is 0 Å². The normalized spacial score (nSPS) is 55.0. The number of esters is 1. The average Bonchev–Trinajstić information content (AvgIpc) is 3.34. The van der Waals surface area contributed by atoms with Gasteiger partial charge in [0, 0.05) is 5.41 Å². The molecule has 4 saturated heterocycles. The molecule has 73 heavy (non-hydrogen) atoms. The summed E-state index contributed by atoms with van der Waals surface area (Å²) in [5.74, 6) is -0.687. The smallest absolute Gasteiger partial charge is 0.315 e. The monoisotopic (exact) mass is 1040 g/mol. The first kappa shape index (κ1) is 56.2. The number of hydrogen-bond donors (Lipinski definition) is 12. The van der Waals surface area contributed by atoms with Gasteiger partial charge in [-0.25, -0.2) is 0 Å². The lowest BCUT2D eigenvalue weighted by atomic mass is 9.33. The number of rotatable bonds is 10. The van der Waals surface area contributed by atoms with Gasteiger partial charge in [-0.15, -0.1) is 0 Å². The molecule has 5 aliphatic carbocycles. The quantitative estimate of drug-likeness (QED) is 0.0727. The molecule has 418 valence electrons. The molecular weight excluding hydrogens is 961 g/mol. The molecule has 27 atom stereocenters. The molecule has 9 aliphatic rings. The molecule has 4 aliphatic heterocycles. The highest BCUT2D eigenvalue weighted by molar-refractivity contribution is 5.79. The second-order valence-corrected chi connectivity index (χ2v) is 25.2. The van der Waals surface area contributed by atoms with Crippen LogP contribution in [0.5, 0.6) is 0 Å². The summed E-state index contributed by atoms with van der Waals surface area (Å²) < 4.78 is 47.7. The maximum Gasteiger partial charge on any atom is 0.315 e. The fourth-order valence-corrected chi connectivity index (χ4v) is 15.8. The maximum absolute atomic E-state index is 15.5. The number of aliphatic hydroxyl groups excluding tert-OH is 12. The minimum atomic E-state index is -1.88. The summed E-state index contributed by atoms with van der Waals surface area (Å²) in [6.45, 7) is 13.7. The molecule has 0 spiro atoms. The van der Waals surface area contributed by atoms with Gasteiger partial charge in [0.05, 0.1) is 44.1 Å². The van der Waals surface area contributed by atoms with E-state index in [1.807, 2.05) is 6.92 Å². The summed E-state index contributed by atoms with van der Waals surface area (Å²) in [6, 6.07) is 0. The Hall–Kier alpha value is -1.55. The predicted octanol–water partition coefficient (Wildman–Crippen LogP) is -0.757. The van der Waals surface area contributed by atoms with Crippen LogP contribution in [0.2, 0.25) is 0 Å². The Morgan fingerprint density at radius 2 is 1.27 bits per heavy atom.